The number of thioether (sulfide) groups is 1. The number of nitrogens with zero attached hydrogens (tertiary/aromatic N) is 1. The fraction of sp³-hybridized carbons (Fsp3) is 0.692. The normalized spacial score (nSPS) is 13.7. The first-order chi connectivity index (χ1) is 8.96. The molecule has 1 rings (SSSR count). The molecule has 0 saturated carbocycles. The van der Waals surface area contributed by atoms with Crippen LogP contribution in [0.4, 0.5) is 13.2 Å². The second-order valence-corrected chi connectivity index (χ2v) is 5.54. The second kappa shape index (κ2) is 7.85. The molecule has 1 heterocycles. The van der Waals surface area contributed by atoms with Crippen molar-refractivity contribution in [2.24, 2.45) is 0 Å². The average molecular weight is 294 g/mol. The van der Waals surface area contributed by atoms with Gasteiger partial charge in [-0.25, -0.2) is 0 Å². The van der Waals surface area contributed by atoms with Crippen LogP contribution in [0.2, 0.25) is 0 Å². The molecule has 0 bridgehead atoms. The monoisotopic (exact) mass is 294 g/mol. The first kappa shape index (κ1) is 16.4. The molecule has 1 atom stereocenters. The minimum atomic E-state index is -4.13. The van der Waals surface area contributed by atoms with Crippen LogP contribution in [0, 0.1) is 0 Å². The Morgan fingerprint density at radius 2 is 2.11 bits per heavy atom. The topological polar surface area (TPSA) is 17.0 Å². The van der Waals surface area contributed by atoms with Gasteiger partial charge in [-0.1, -0.05) is 20.3 Å². The van der Waals surface area contributed by atoms with E-state index in [-0.39, 0.29) is 17.5 Å². The molecule has 0 radical (unpaired) electrons. The van der Waals surface area contributed by atoms with Crippen molar-refractivity contribution in [3.8, 4) is 0 Å². The smallest absolute Gasteiger partial charge is 0.353 e. The quantitative estimate of drug-likeness (QED) is 0.774. The van der Waals surface area contributed by atoms with Crippen LogP contribution in [-0.2, 0) is 6.54 Å². The molecule has 110 valence electrons. The van der Waals surface area contributed by atoms with Crippen molar-refractivity contribution in [1.29, 1.82) is 0 Å². The third-order valence-electron chi connectivity index (χ3n) is 2.82. The molecular formula is C13H21F3N2S. The Labute approximate surface area is 116 Å². The van der Waals surface area contributed by atoms with Crippen LogP contribution in [0.15, 0.2) is 18.5 Å². The number of hydrogen-bond donors (Lipinski definition) is 1. The molecule has 0 saturated heterocycles. The highest BCUT2D eigenvalue weighted by molar-refractivity contribution is 8.00. The van der Waals surface area contributed by atoms with E-state index in [4.69, 9.17) is 0 Å². The van der Waals surface area contributed by atoms with E-state index in [1.54, 1.807) is 0 Å². The minimum Gasteiger partial charge on any atom is -0.353 e. The molecule has 0 aliphatic heterocycles. The predicted molar refractivity (Wildman–Crippen MR) is 74.3 cm³/mol. The maximum atomic E-state index is 12.0. The molecule has 0 amide bonds. The van der Waals surface area contributed by atoms with Crippen LogP contribution in [0.1, 0.15) is 38.3 Å². The zero-order valence-corrected chi connectivity index (χ0v) is 12.2. The van der Waals surface area contributed by atoms with E-state index >= 15 is 0 Å². The Bertz CT molecular complexity index is 357. The van der Waals surface area contributed by atoms with Crippen molar-refractivity contribution in [2.75, 3.05) is 12.3 Å². The zero-order valence-electron chi connectivity index (χ0n) is 11.3. The summed E-state index contributed by atoms with van der Waals surface area (Å²) in [5.41, 5.74) is -2.98. The molecule has 0 fully saturated rings. The zero-order chi connectivity index (χ0) is 14.3. The summed E-state index contributed by atoms with van der Waals surface area (Å²) in [7, 11) is 0. The lowest BCUT2D eigenvalue weighted by atomic mass is 10.1. The molecule has 1 unspecified atom stereocenters. The molecule has 0 aliphatic carbocycles. The number of hydrogen-bond acceptors (Lipinski definition) is 2. The summed E-state index contributed by atoms with van der Waals surface area (Å²) in [4.78, 5) is 0. The van der Waals surface area contributed by atoms with Crippen molar-refractivity contribution in [2.45, 2.75) is 44.8 Å². The summed E-state index contributed by atoms with van der Waals surface area (Å²) in [6.45, 7) is 5.45. The molecule has 6 heteroatoms. The second-order valence-electron chi connectivity index (χ2n) is 4.38. The van der Waals surface area contributed by atoms with Gasteiger partial charge in [0.1, 0.15) is 0 Å². The molecule has 0 aliphatic rings. The maximum absolute atomic E-state index is 12.0. The van der Waals surface area contributed by atoms with Crippen LogP contribution in [-0.4, -0.2) is 22.4 Å². The minimum absolute atomic E-state index is 0.0301. The lowest BCUT2D eigenvalue weighted by Gasteiger charge is -2.15. The van der Waals surface area contributed by atoms with Gasteiger partial charge in [0.15, 0.2) is 0 Å². The molecule has 0 spiro atoms. The molecular weight excluding hydrogens is 273 g/mol. The Morgan fingerprint density at radius 1 is 1.37 bits per heavy atom. The van der Waals surface area contributed by atoms with Gasteiger partial charge in [0.25, 0.3) is 0 Å². The lowest BCUT2D eigenvalue weighted by molar-refractivity contribution is -0.0328. The van der Waals surface area contributed by atoms with E-state index in [1.807, 2.05) is 23.0 Å². The third kappa shape index (κ3) is 6.38. The first-order valence-electron chi connectivity index (χ1n) is 6.56. The SMILES string of the molecule is CCCC(NCC)c1ccn(CCSC(F)(F)F)c1. The number of alkyl halides is 3. The number of nitrogens with one attached hydrogen (secondary N) is 1. The van der Waals surface area contributed by atoms with E-state index in [0.29, 0.717) is 12.6 Å². The average Bonchev–Trinajstić information content (AvgIpc) is 2.76. The lowest BCUT2D eigenvalue weighted by Crippen LogP contribution is -2.20. The summed E-state index contributed by atoms with van der Waals surface area (Å²) < 4.78 is 37.9. The van der Waals surface area contributed by atoms with Crippen LogP contribution in [0.3, 0.4) is 0 Å². The summed E-state index contributed by atoms with van der Waals surface area (Å²) in [5.74, 6) is 0.0528. The fourth-order valence-corrected chi connectivity index (χ4v) is 2.53. The highest BCUT2D eigenvalue weighted by Gasteiger charge is 2.27. The standard InChI is InChI=1S/C13H21F3N2S/c1-3-5-12(17-4-2)11-6-7-18(10-11)8-9-19-13(14,15)16/h6-7,10,12,17H,3-5,8-9H2,1-2H3. The van der Waals surface area contributed by atoms with Crippen molar-refractivity contribution < 1.29 is 13.2 Å². The van der Waals surface area contributed by atoms with Crippen LogP contribution >= 0.6 is 11.8 Å². The Balaban J connectivity index is 2.50. The highest BCUT2D eigenvalue weighted by atomic mass is 32.2. The van der Waals surface area contributed by atoms with E-state index in [2.05, 4.69) is 19.2 Å². The van der Waals surface area contributed by atoms with Crippen LogP contribution in [0.5, 0.6) is 0 Å². The Hall–Kier alpha value is -0.620. The first-order valence-corrected chi connectivity index (χ1v) is 7.54. The van der Waals surface area contributed by atoms with Crippen molar-refractivity contribution in [3.63, 3.8) is 0 Å². The predicted octanol–water partition coefficient (Wildman–Crippen LogP) is 4.19. The van der Waals surface area contributed by atoms with Crippen molar-refractivity contribution >= 4 is 11.8 Å². The molecule has 1 aromatic heterocycles. The van der Waals surface area contributed by atoms with E-state index in [9.17, 15) is 13.2 Å². The fourth-order valence-electron chi connectivity index (χ4n) is 1.99. The van der Waals surface area contributed by atoms with Gasteiger partial charge < -0.3 is 9.88 Å². The Kier molecular flexibility index (Phi) is 6.79. The largest absolute Gasteiger partial charge is 0.441 e. The number of rotatable bonds is 8. The number of halogens is 3. The van der Waals surface area contributed by atoms with E-state index in [0.717, 1.165) is 24.9 Å². The molecule has 0 aromatic carbocycles. The number of aromatic nitrogens is 1. The summed E-state index contributed by atoms with van der Waals surface area (Å²) >= 11 is 0.0301. The van der Waals surface area contributed by atoms with Gasteiger partial charge in [-0.15, -0.1) is 0 Å². The summed E-state index contributed by atoms with van der Waals surface area (Å²) in [6.07, 6.45) is 5.91. The van der Waals surface area contributed by atoms with Gasteiger partial charge in [-0.05, 0) is 36.4 Å². The van der Waals surface area contributed by atoms with Gasteiger partial charge in [-0.2, -0.15) is 13.2 Å². The summed E-state index contributed by atoms with van der Waals surface area (Å²) in [5, 5.41) is 3.39. The maximum Gasteiger partial charge on any atom is 0.441 e. The van der Waals surface area contributed by atoms with Crippen LogP contribution in [0.25, 0.3) is 0 Å². The third-order valence-corrected chi connectivity index (χ3v) is 3.53. The number of aryl methyl sites for hydroxylation is 1. The van der Waals surface area contributed by atoms with Crippen molar-refractivity contribution in [1.82, 2.24) is 9.88 Å². The molecule has 1 aromatic rings. The van der Waals surface area contributed by atoms with Crippen molar-refractivity contribution in [3.05, 3.63) is 24.0 Å². The highest BCUT2D eigenvalue weighted by Crippen LogP contribution is 2.30. The van der Waals surface area contributed by atoms with Gasteiger partial charge in [-0.3, -0.25) is 0 Å². The molecule has 19 heavy (non-hydrogen) atoms. The van der Waals surface area contributed by atoms with Gasteiger partial charge in [0, 0.05) is 30.7 Å². The van der Waals surface area contributed by atoms with Gasteiger partial charge in [0.2, 0.25) is 0 Å². The van der Waals surface area contributed by atoms with E-state index < -0.39 is 5.51 Å². The Morgan fingerprint density at radius 3 is 2.68 bits per heavy atom. The summed E-state index contributed by atoms with van der Waals surface area (Å²) in [6, 6.07) is 2.29. The van der Waals surface area contributed by atoms with Gasteiger partial charge in [0.05, 0.1) is 0 Å². The van der Waals surface area contributed by atoms with Crippen LogP contribution < -0.4 is 5.32 Å². The molecule has 1 N–H and O–H groups in total. The van der Waals surface area contributed by atoms with E-state index in [1.165, 1.54) is 0 Å². The van der Waals surface area contributed by atoms with Gasteiger partial charge >= 0.3 is 5.51 Å². The molecule has 2 nitrogen and oxygen atoms in total.